The molecule has 9 heteroatoms. The van der Waals surface area contributed by atoms with Crippen LogP contribution in [-0.2, 0) is 6.18 Å². The Labute approximate surface area is 158 Å². The normalized spacial score (nSPS) is 11.1. The summed E-state index contributed by atoms with van der Waals surface area (Å²) in [5.41, 5.74) is -0.977. The van der Waals surface area contributed by atoms with Crippen LogP contribution in [0, 0.1) is 0 Å². The van der Waals surface area contributed by atoms with Crippen molar-refractivity contribution in [1.82, 2.24) is 10.3 Å². The van der Waals surface area contributed by atoms with Crippen LogP contribution in [0.2, 0.25) is 5.02 Å². The Kier molecular flexibility index (Phi) is 6.79. The molecular weight excluding hydrogens is 383 g/mol. The Morgan fingerprint density at radius 2 is 1.89 bits per heavy atom. The monoisotopic (exact) mass is 399 g/mol. The molecular formula is C18H17ClF3N3O2. The third-order valence-corrected chi connectivity index (χ3v) is 3.93. The highest BCUT2D eigenvalue weighted by Crippen LogP contribution is 2.36. The largest absolute Gasteiger partial charge is 0.417 e. The molecule has 2 rings (SSSR count). The Bertz CT molecular complexity index is 841. The summed E-state index contributed by atoms with van der Waals surface area (Å²) in [6, 6.07) is 5.70. The number of hydrogen-bond donors (Lipinski definition) is 2. The van der Waals surface area contributed by atoms with E-state index in [1.807, 2.05) is 6.92 Å². The third kappa shape index (κ3) is 5.68. The van der Waals surface area contributed by atoms with Gasteiger partial charge in [-0.15, -0.1) is 0 Å². The molecule has 0 atom stereocenters. The van der Waals surface area contributed by atoms with Gasteiger partial charge in [0.05, 0.1) is 10.6 Å². The highest BCUT2D eigenvalue weighted by molar-refractivity contribution is 6.31. The first-order chi connectivity index (χ1) is 12.7. The second-order valence-corrected chi connectivity index (χ2v) is 6.09. The fourth-order valence-corrected chi connectivity index (χ4v) is 2.41. The molecule has 1 aromatic carbocycles. The minimum Gasteiger partial charge on any atom is -0.351 e. The molecule has 0 saturated carbocycles. The molecule has 1 heterocycles. The number of alkyl halides is 3. The molecule has 0 unspecified atom stereocenters. The van der Waals surface area contributed by atoms with Crippen molar-refractivity contribution in [1.29, 1.82) is 0 Å². The molecule has 0 spiro atoms. The summed E-state index contributed by atoms with van der Waals surface area (Å²) >= 11 is 5.56. The summed E-state index contributed by atoms with van der Waals surface area (Å²) < 4.78 is 38.7. The van der Waals surface area contributed by atoms with Gasteiger partial charge in [-0.05, 0) is 36.8 Å². The van der Waals surface area contributed by atoms with Gasteiger partial charge in [-0.25, -0.2) is 0 Å². The third-order valence-electron chi connectivity index (χ3n) is 3.60. The van der Waals surface area contributed by atoms with Gasteiger partial charge in [0.25, 0.3) is 11.8 Å². The lowest BCUT2D eigenvalue weighted by Crippen LogP contribution is -2.25. The molecule has 0 aliphatic rings. The van der Waals surface area contributed by atoms with Crippen molar-refractivity contribution >= 4 is 29.1 Å². The van der Waals surface area contributed by atoms with Gasteiger partial charge in [-0.1, -0.05) is 24.9 Å². The topological polar surface area (TPSA) is 71.1 Å². The number of hydrogen-bond acceptors (Lipinski definition) is 3. The lowest BCUT2D eigenvalue weighted by Gasteiger charge is -2.12. The van der Waals surface area contributed by atoms with E-state index in [4.69, 9.17) is 11.6 Å². The van der Waals surface area contributed by atoms with Gasteiger partial charge in [-0.2, -0.15) is 13.2 Å². The van der Waals surface area contributed by atoms with Crippen molar-refractivity contribution in [3.8, 4) is 0 Å². The van der Waals surface area contributed by atoms with E-state index in [-0.39, 0.29) is 16.9 Å². The molecule has 0 saturated heterocycles. The van der Waals surface area contributed by atoms with Gasteiger partial charge in [0.15, 0.2) is 0 Å². The molecule has 0 aliphatic heterocycles. The number of nitrogens with one attached hydrogen (secondary N) is 2. The minimum absolute atomic E-state index is 0.0471. The number of rotatable bonds is 6. The van der Waals surface area contributed by atoms with Crippen LogP contribution in [0.25, 0.3) is 0 Å². The van der Waals surface area contributed by atoms with Gasteiger partial charge < -0.3 is 10.6 Å². The van der Waals surface area contributed by atoms with Crippen molar-refractivity contribution in [2.75, 3.05) is 11.9 Å². The number of carbonyl (C=O) groups is 2. The zero-order chi connectivity index (χ0) is 20.0. The van der Waals surface area contributed by atoms with E-state index in [0.29, 0.717) is 6.54 Å². The zero-order valence-corrected chi connectivity index (χ0v) is 15.1. The van der Waals surface area contributed by atoms with Gasteiger partial charge in [0.1, 0.15) is 5.69 Å². The highest BCUT2D eigenvalue weighted by atomic mass is 35.5. The van der Waals surface area contributed by atoms with Gasteiger partial charge in [0.2, 0.25) is 0 Å². The number of nitrogens with zero attached hydrogens (tertiary/aromatic N) is 1. The smallest absolute Gasteiger partial charge is 0.351 e. The van der Waals surface area contributed by atoms with Crippen molar-refractivity contribution in [3.05, 3.63) is 58.4 Å². The summed E-state index contributed by atoms with van der Waals surface area (Å²) in [4.78, 5) is 28.2. The summed E-state index contributed by atoms with van der Waals surface area (Å²) in [6.07, 6.45) is -1.63. The van der Waals surface area contributed by atoms with Crippen molar-refractivity contribution in [2.45, 2.75) is 25.9 Å². The molecule has 27 heavy (non-hydrogen) atoms. The number of benzene rings is 1. The number of amides is 2. The second kappa shape index (κ2) is 8.85. The Balaban J connectivity index is 2.15. The molecule has 2 N–H and O–H groups in total. The van der Waals surface area contributed by atoms with Crippen LogP contribution in [-0.4, -0.2) is 23.3 Å². The second-order valence-electron chi connectivity index (χ2n) is 5.69. The number of aromatic nitrogens is 1. The van der Waals surface area contributed by atoms with Gasteiger partial charge >= 0.3 is 6.18 Å². The van der Waals surface area contributed by atoms with Gasteiger partial charge in [-0.3, -0.25) is 14.6 Å². The minimum atomic E-state index is -4.64. The van der Waals surface area contributed by atoms with Crippen LogP contribution in [0.4, 0.5) is 18.9 Å². The van der Waals surface area contributed by atoms with Gasteiger partial charge in [0, 0.05) is 24.0 Å². The van der Waals surface area contributed by atoms with E-state index in [9.17, 15) is 22.8 Å². The average Bonchev–Trinajstić information content (AvgIpc) is 2.62. The first-order valence-electron chi connectivity index (χ1n) is 8.14. The molecule has 0 fully saturated rings. The van der Waals surface area contributed by atoms with Crippen LogP contribution in [0.5, 0.6) is 0 Å². The predicted octanol–water partition coefficient (Wildman–Crippen LogP) is 4.54. The van der Waals surface area contributed by atoms with Crippen LogP contribution >= 0.6 is 11.6 Å². The maximum absolute atomic E-state index is 12.9. The first-order valence-corrected chi connectivity index (χ1v) is 8.52. The highest BCUT2D eigenvalue weighted by Gasteiger charge is 2.33. The summed E-state index contributed by atoms with van der Waals surface area (Å²) in [7, 11) is 0. The molecule has 5 nitrogen and oxygen atoms in total. The summed E-state index contributed by atoms with van der Waals surface area (Å²) in [6.45, 7) is 2.47. The van der Waals surface area contributed by atoms with Crippen LogP contribution in [0.3, 0.4) is 0 Å². The number of carbonyl (C=O) groups excluding carboxylic acids is 2. The van der Waals surface area contributed by atoms with E-state index in [2.05, 4.69) is 15.6 Å². The van der Waals surface area contributed by atoms with Crippen LogP contribution < -0.4 is 10.6 Å². The van der Waals surface area contributed by atoms with E-state index in [0.717, 1.165) is 25.0 Å². The molecule has 144 valence electrons. The van der Waals surface area contributed by atoms with Crippen molar-refractivity contribution in [3.63, 3.8) is 0 Å². The summed E-state index contributed by atoms with van der Waals surface area (Å²) in [5.74, 6) is -1.10. The van der Waals surface area contributed by atoms with E-state index in [1.54, 1.807) is 0 Å². The maximum Gasteiger partial charge on any atom is 0.417 e. The number of halogens is 4. The molecule has 1 aromatic heterocycles. The van der Waals surface area contributed by atoms with E-state index in [1.165, 1.54) is 24.4 Å². The Morgan fingerprint density at radius 1 is 1.15 bits per heavy atom. The average molecular weight is 400 g/mol. The van der Waals surface area contributed by atoms with E-state index < -0.39 is 28.6 Å². The summed E-state index contributed by atoms with van der Waals surface area (Å²) in [5, 5.41) is 4.57. The first kappa shape index (κ1) is 20.7. The lowest BCUT2D eigenvalue weighted by molar-refractivity contribution is -0.137. The van der Waals surface area contributed by atoms with Crippen LogP contribution in [0.15, 0.2) is 36.5 Å². The van der Waals surface area contributed by atoms with Crippen molar-refractivity contribution in [2.24, 2.45) is 0 Å². The van der Waals surface area contributed by atoms with Crippen LogP contribution in [0.1, 0.15) is 46.2 Å². The maximum atomic E-state index is 12.9. The molecule has 2 amide bonds. The Hall–Kier alpha value is -2.61. The quantitative estimate of drug-likeness (QED) is 0.701. The fraction of sp³-hybridized carbons (Fsp3) is 0.278. The predicted molar refractivity (Wildman–Crippen MR) is 95.9 cm³/mol. The molecule has 0 bridgehead atoms. The number of anilines is 1. The molecule has 2 aromatic rings. The molecule has 0 aliphatic carbocycles. The van der Waals surface area contributed by atoms with E-state index >= 15 is 0 Å². The Morgan fingerprint density at radius 3 is 2.56 bits per heavy atom. The SMILES string of the molecule is CCCCNC(=O)c1cc(C(=O)Nc2ccc(Cl)c(C(F)(F)F)c2)ccn1. The lowest BCUT2D eigenvalue weighted by atomic mass is 10.1. The van der Waals surface area contributed by atoms with Crippen molar-refractivity contribution < 1.29 is 22.8 Å². The number of pyridine rings is 1. The molecule has 0 radical (unpaired) electrons. The fourth-order valence-electron chi connectivity index (χ4n) is 2.19. The standard InChI is InChI=1S/C18H17ClF3N3O2/c1-2-3-7-24-17(27)15-9-11(6-8-23-15)16(26)25-12-4-5-14(19)13(10-12)18(20,21)22/h4-6,8-10H,2-3,7H2,1H3,(H,24,27)(H,25,26). The number of unbranched alkanes of at least 4 members (excludes halogenated alkanes) is 1. The zero-order valence-electron chi connectivity index (χ0n) is 14.4.